The number of hydrogen-bond acceptors (Lipinski definition) is 5. The van der Waals surface area contributed by atoms with Crippen LogP contribution in [0.15, 0.2) is 34.6 Å². The van der Waals surface area contributed by atoms with Gasteiger partial charge in [0.25, 0.3) is 0 Å². The molecule has 1 saturated heterocycles. The van der Waals surface area contributed by atoms with Gasteiger partial charge in [0.15, 0.2) is 5.96 Å². The zero-order valence-electron chi connectivity index (χ0n) is 16.6. The molecule has 0 atom stereocenters. The first-order chi connectivity index (χ1) is 13.2. The summed E-state index contributed by atoms with van der Waals surface area (Å²) in [7, 11) is 1.65. The van der Waals surface area contributed by atoms with Crippen LogP contribution in [0.2, 0.25) is 0 Å². The lowest BCUT2D eigenvalue weighted by molar-refractivity contribution is 0.179. The van der Waals surface area contributed by atoms with Crippen molar-refractivity contribution in [3.63, 3.8) is 0 Å². The fourth-order valence-electron chi connectivity index (χ4n) is 3.29. The summed E-state index contributed by atoms with van der Waals surface area (Å²) < 4.78 is 5.33. The van der Waals surface area contributed by atoms with Gasteiger partial charge < -0.3 is 15.8 Å². The van der Waals surface area contributed by atoms with E-state index in [4.69, 9.17) is 10.5 Å². The molecule has 1 fully saturated rings. The van der Waals surface area contributed by atoms with Gasteiger partial charge in [0.1, 0.15) is 5.75 Å². The van der Waals surface area contributed by atoms with Crippen molar-refractivity contribution in [2.45, 2.75) is 32.7 Å². The molecule has 0 saturated carbocycles. The van der Waals surface area contributed by atoms with Crippen molar-refractivity contribution in [1.82, 2.24) is 9.88 Å². The van der Waals surface area contributed by atoms with Crippen molar-refractivity contribution in [3.05, 3.63) is 40.3 Å². The summed E-state index contributed by atoms with van der Waals surface area (Å²) in [5, 5.41) is 6.56. The number of anilines is 1. The van der Waals surface area contributed by atoms with E-state index >= 15 is 0 Å². The number of thiazole rings is 1. The predicted octanol–water partition coefficient (Wildman–Crippen LogP) is 3.97. The molecule has 0 amide bonds. The lowest BCUT2D eigenvalue weighted by atomic mass is 9.97. The molecule has 2 aromatic rings. The molecule has 0 spiro atoms. The minimum atomic E-state index is 0. The van der Waals surface area contributed by atoms with Crippen LogP contribution in [0.4, 0.5) is 5.69 Å². The Bertz CT molecular complexity index is 759. The number of likely N-dealkylation sites (tertiary alicyclic amines) is 1. The second-order valence-electron chi connectivity index (χ2n) is 6.86. The Morgan fingerprint density at radius 3 is 2.79 bits per heavy atom. The van der Waals surface area contributed by atoms with Crippen LogP contribution in [-0.4, -0.2) is 42.6 Å². The van der Waals surface area contributed by atoms with Crippen molar-refractivity contribution in [1.29, 1.82) is 0 Å². The van der Waals surface area contributed by atoms with Crippen molar-refractivity contribution in [3.8, 4) is 5.75 Å². The van der Waals surface area contributed by atoms with Crippen LogP contribution in [0.25, 0.3) is 0 Å². The van der Waals surface area contributed by atoms with Gasteiger partial charge in [0, 0.05) is 18.5 Å². The smallest absolute Gasteiger partial charge is 0.193 e. The number of ether oxygens (including phenoxy) is 1. The van der Waals surface area contributed by atoms with Crippen LogP contribution >= 0.6 is 35.3 Å². The number of aromatic nitrogens is 1. The minimum Gasteiger partial charge on any atom is -0.495 e. The Morgan fingerprint density at radius 2 is 2.11 bits per heavy atom. The van der Waals surface area contributed by atoms with Gasteiger partial charge in [-0.3, -0.25) is 9.89 Å². The molecule has 0 radical (unpaired) electrons. The SMILES string of the molecule is CCc1nc(CN2CCC(CN=C(N)Nc3ccccc3OC)CC2)cs1.I. The Balaban J connectivity index is 0.00000280. The fraction of sp³-hybridized carbons (Fsp3) is 0.500. The van der Waals surface area contributed by atoms with Crippen molar-refractivity contribution < 1.29 is 4.74 Å². The van der Waals surface area contributed by atoms with Crippen LogP contribution < -0.4 is 15.8 Å². The molecular formula is C20H30IN5OS. The molecule has 0 aliphatic carbocycles. The van der Waals surface area contributed by atoms with Crippen LogP contribution in [-0.2, 0) is 13.0 Å². The lowest BCUT2D eigenvalue weighted by Crippen LogP contribution is -2.34. The monoisotopic (exact) mass is 515 g/mol. The summed E-state index contributed by atoms with van der Waals surface area (Å²) in [6.07, 6.45) is 3.32. The fourth-order valence-corrected chi connectivity index (χ4v) is 4.03. The number of aryl methyl sites for hydroxylation is 1. The summed E-state index contributed by atoms with van der Waals surface area (Å²) in [5.74, 6) is 1.79. The first-order valence-corrected chi connectivity index (χ1v) is 10.4. The van der Waals surface area contributed by atoms with E-state index in [1.165, 1.54) is 10.7 Å². The topological polar surface area (TPSA) is 75.8 Å². The van der Waals surface area contributed by atoms with Gasteiger partial charge in [-0.05, 0) is 50.4 Å². The molecule has 3 rings (SSSR count). The van der Waals surface area contributed by atoms with Crippen LogP contribution in [0.5, 0.6) is 5.75 Å². The number of halogens is 1. The van der Waals surface area contributed by atoms with Gasteiger partial charge >= 0.3 is 0 Å². The van der Waals surface area contributed by atoms with Crippen molar-refractivity contribution in [2.24, 2.45) is 16.6 Å². The molecule has 1 aromatic heterocycles. The lowest BCUT2D eigenvalue weighted by Gasteiger charge is -2.30. The average molecular weight is 515 g/mol. The predicted molar refractivity (Wildman–Crippen MR) is 128 cm³/mol. The van der Waals surface area contributed by atoms with E-state index in [-0.39, 0.29) is 24.0 Å². The zero-order chi connectivity index (χ0) is 19.1. The minimum absolute atomic E-state index is 0. The molecule has 0 bridgehead atoms. The number of nitrogens with two attached hydrogens (primary N) is 1. The first-order valence-electron chi connectivity index (χ1n) is 9.53. The van der Waals surface area contributed by atoms with E-state index < -0.39 is 0 Å². The molecule has 1 aliphatic rings. The molecule has 2 heterocycles. The van der Waals surface area contributed by atoms with Crippen molar-refractivity contribution in [2.75, 3.05) is 32.1 Å². The summed E-state index contributed by atoms with van der Waals surface area (Å²) in [6, 6.07) is 7.71. The highest BCUT2D eigenvalue weighted by Crippen LogP contribution is 2.23. The Morgan fingerprint density at radius 1 is 1.36 bits per heavy atom. The molecule has 0 unspecified atom stereocenters. The van der Waals surface area contributed by atoms with Crippen LogP contribution in [0.1, 0.15) is 30.5 Å². The molecule has 6 nitrogen and oxygen atoms in total. The number of methoxy groups -OCH3 is 1. The molecule has 28 heavy (non-hydrogen) atoms. The largest absolute Gasteiger partial charge is 0.495 e. The zero-order valence-corrected chi connectivity index (χ0v) is 19.7. The highest BCUT2D eigenvalue weighted by atomic mass is 127. The van der Waals surface area contributed by atoms with Crippen LogP contribution in [0.3, 0.4) is 0 Å². The molecular weight excluding hydrogens is 485 g/mol. The number of rotatable bonds is 7. The van der Waals surface area contributed by atoms with Crippen LogP contribution in [0, 0.1) is 5.92 Å². The summed E-state index contributed by atoms with van der Waals surface area (Å²) >= 11 is 1.77. The number of nitrogens with zero attached hydrogens (tertiary/aromatic N) is 3. The van der Waals surface area contributed by atoms with E-state index in [0.717, 1.165) is 56.9 Å². The van der Waals surface area contributed by atoms with E-state index in [1.807, 2.05) is 24.3 Å². The van der Waals surface area contributed by atoms with Gasteiger partial charge in [-0.25, -0.2) is 4.98 Å². The third-order valence-corrected chi connectivity index (χ3v) is 5.93. The number of piperidine rings is 1. The second-order valence-corrected chi connectivity index (χ2v) is 7.80. The summed E-state index contributed by atoms with van der Waals surface area (Å²) in [4.78, 5) is 11.7. The van der Waals surface area contributed by atoms with Gasteiger partial charge in [0.05, 0.1) is 23.5 Å². The maximum absolute atomic E-state index is 6.06. The van der Waals surface area contributed by atoms with Gasteiger partial charge in [0.2, 0.25) is 0 Å². The summed E-state index contributed by atoms with van der Waals surface area (Å²) in [5.41, 5.74) is 8.10. The number of aliphatic imine (C=N–C) groups is 1. The molecule has 8 heteroatoms. The normalized spacial score (nSPS) is 15.9. The maximum atomic E-state index is 6.06. The quantitative estimate of drug-likeness (QED) is 0.332. The Kier molecular flexibility index (Phi) is 9.46. The third-order valence-electron chi connectivity index (χ3n) is 4.88. The number of benzene rings is 1. The van der Waals surface area contributed by atoms with Gasteiger partial charge in [-0.15, -0.1) is 35.3 Å². The molecule has 154 valence electrons. The van der Waals surface area contributed by atoms with E-state index in [9.17, 15) is 0 Å². The number of para-hydroxylation sites is 2. The average Bonchev–Trinajstić information content (AvgIpc) is 3.15. The van der Waals surface area contributed by atoms with Gasteiger partial charge in [-0.1, -0.05) is 19.1 Å². The van der Waals surface area contributed by atoms with E-state index in [0.29, 0.717) is 11.9 Å². The highest BCUT2D eigenvalue weighted by Gasteiger charge is 2.19. The summed E-state index contributed by atoms with van der Waals surface area (Å²) in [6.45, 7) is 6.07. The van der Waals surface area contributed by atoms with E-state index in [2.05, 4.69) is 32.5 Å². The standard InChI is InChI=1S/C20H29N5OS.HI/c1-3-19-23-16(14-27-19)13-25-10-8-15(9-11-25)12-22-20(21)24-17-6-4-5-7-18(17)26-2;/h4-7,14-15H,3,8-13H2,1-2H3,(H3,21,22,24);1H. The first kappa shape index (κ1) is 22.9. The Hall–Kier alpha value is -1.39. The molecule has 1 aromatic carbocycles. The second kappa shape index (κ2) is 11.6. The number of hydrogen-bond donors (Lipinski definition) is 2. The Labute approximate surface area is 188 Å². The molecule has 3 N–H and O–H groups in total. The maximum Gasteiger partial charge on any atom is 0.193 e. The molecule has 1 aliphatic heterocycles. The van der Waals surface area contributed by atoms with Gasteiger partial charge in [-0.2, -0.15) is 0 Å². The van der Waals surface area contributed by atoms with Crippen molar-refractivity contribution >= 4 is 47.0 Å². The number of nitrogens with one attached hydrogen (secondary N) is 1. The number of guanidine groups is 1. The third kappa shape index (κ3) is 6.59. The van der Waals surface area contributed by atoms with E-state index in [1.54, 1.807) is 18.4 Å². The highest BCUT2D eigenvalue weighted by molar-refractivity contribution is 14.0.